The summed E-state index contributed by atoms with van der Waals surface area (Å²) < 4.78 is 0.406. The van der Waals surface area contributed by atoms with Gasteiger partial charge in [-0.2, -0.15) is 0 Å². The van der Waals surface area contributed by atoms with Gasteiger partial charge in [-0.1, -0.05) is 41.5 Å². The van der Waals surface area contributed by atoms with Gasteiger partial charge in [-0.3, -0.25) is 9.59 Å². The van der Waals surface area contributed by atoms with Crippen LogP contribution in [0, 0.1) is 10.8 Å². The van der Waals surface area contributed by atoms with Gasteiger partial charge in [0.2, 0.25) is 11.6 Å². The van der Waals surface area contributed by atoms with E-state index in [9.17, 15) is 9.59 Å². The summed E-state index contributed by atoms with van der Waals surface area (Å²) in [6, 6.07) is 0. The summed E-state index contributed by atoms with van der Waals surface area (Å²) in [6.07, 6.45) is 1.87. The van der Waals surface area contributed by atoms with Gasteiger partial charge >= 0.3 is 0 Å². The third-order valence-electron chi connectivity index (χ3n) is 2.79. The molecule has 0 saturated carbocycles. The Kier molecular flexibility index (Phi) is 3.55. The summed E-state index contributed by atoms with van der Waals surface area (Å²) in [5.74, 6) is -0.820. The standard InChI is InChI=1S/C14H19BrO2/c1-13(2,3)8-7-9(14(4,5)6)11(16)12(17)10(8)15/h7H,1-6H3. The highest BCUT2D eigenvalue weighted by atomic mass is 79.9. The van der Waals surface area contributed by atoms with Crippen molar-refractivity contribution in [1.29, 1.82) is 0 Å². The minimum atomic E-state index is -0.428. The van der Waals surface area contributed by atoms with Gasteiger partial charge in [0.15, 0.2) is 0 Å². The number of halogens is 1. The Morgan fingerprint density at radius 1 is 0.882 bits per heavy atom. The molecule has 0 saturated heterocycles. The van der Waals surface area contributed by atoms with Crippen LogP contribution in [0.3, 0.4) is 0 Å². The van der Waals surface area contributed by atoms with E-state index in [0.29, 0.717) is 10.1 Å². The molecule has 94 valence electrons. The van der Waals surface area contributed by atoms with Gasteiger partial charge in [0, 0.05) is 5.57 Å². The van der Waals surface area contributed by atoms with Gasteiger partial charge < -0.3 is 0 Å². The van der Waals surface area contributed by atoms with Crippen LogP contribution < -0.4 is 0 Å². The lowest BCUT2D eigenvalue weighted by Gasteiger charge is -2.30. The molecular formula is C14H19BrO2. The largest absolute Gasteiger partial charge is 0.285 e. The maximum atomic E-state index is 12.0. The highest BCUT2D eigenvalue weighted by Crippen LogP contribution is 2.40. The Morgan fingerprint density at radius 2 is 1.35 bits per heavy atom. The fourth-order valence-electron chi connectivity index (χ4n) is 1.72. The third-order valence-corrected chi connectivity index (χ3v) is 3.58. The van der Waals surface area contributed by atoms with Crippen LogP contribution in [-0.2, 0) is 9.59 Å². The second-order valence-electron chi connectivity index (χ2n) is 6.44. The number of hydrogen-bond acceptors (Lipinski definition) is 2. The van der Waals surface area contributed by atoms with E-state index in [1.165, 1.54) is 0 Å². The van der Waals surface area contributed by atoms with E-state index in [0.717, 1.165) is 5.57 Å². The minimum absolute atomic E-state index is 0.161. The molecule has 1 rings (SSSR count). The van der Waals surface area contributed by atoms with Gasteiger partial charge in [-0.25, -0.2) is 0 Å². The second-order valence-corrected chi connectivity index (χ2v) is 7.24. The van der Waals surface area contributed by atoms with Gasteiger partial charge in [0.05, 0.1) is 4.48 Å². The molecule has 0 bridgehead atoms. The van der Waals surface area contributed by atoms with Crippen molar-refractivity contribution >= 4 is 27.5 Å². The summed E-state index contributed by atoms with van der Waals surface area (Å²) in [7, 11) is 0. The molecule has 0 aromatic heterocycles. The average molecular weight is 299 g/mol. The summed E-state index contributed by atoms with van der Waals surface area (Å²) >= 11 is 3.26. The van der Waals surface area contributed by atoms with Crippen LogP contribution >= 0.6 is 15.9 Å². The molecule has 2 nitrogen and oxygen atoms in total. The minimum Gasteiger partial charge on any atom is -0.285 e. The molecule has 1 aliphatic rings. The van der Waals surface area contributed by atoms with Crippen molar-refractivity contribution in [2.24, 2.45) is 10.8 Å². The number of allylic oxidation sites excluding steroid dienone is 4. The molecule has 0 aromatic rings. The highest BCUT2D eigenvalue weighted by molar-refractivity contribution is 9.12. The van der Waals surface area contributed by atoms with Crippen molar-refractivity contribution in [2.75, 3.05) is 0 Å². The lowest BCUT2D eigenvalue weighted by Crippen LogP contribution is -2.30. The first-order valence-corrected chi connectivity index (χ1v) is 6.47. The number of Topliss-reactive ketones (excluding diaryl/α,β-unsaturated/α-hetero) is 2. The van der Waals surface area contributed by atoms with Crippen molar-refractivity contribution in [2.45, 2.75) is 41.5 Å². The molecule has 3 heteroatoms. The second kappa shape index (κ2) is 4.20. The maximum Gasteiger partial charge on any atom is 0.240 e. The summed E-state index contributed by atoms with van der Waals surface area (Å²) in [5, 5.41) is 0. The van der Waals surface area contributed by atoms with Crippen LogP contribution in [-0.4, -0.2) is 11.6 Å². The SMILES string of the molecule is CC(C)(C)C1=CC(C(C)(C)C)=C(Br)C(=O)C1=O. The first-order valence-electron chi connectivity index (χ1n) is 5.67. The lowest BCUT2D eigenvalue weighted by molar-refractivity contribution is -0.132. The molecule has 0 amide bonds. The molecule has 0 spiro atoms. The summed E-state index contributed by atoms with van der Waals surface area (Å²) in [6.45, 7) is 11.9. The average Bonchev–Trinajstić information content (AvgIpc) is 2.10. The lowest BCUT2D eigenvalue weighted by atomic mass is 9.74. The number of carbonyl (C=O) groups excluding carboxylic acids is 2. The molecule has 1 aliphatic carbocycles. The predicted molar refractivity (Wildman–Crippen MR) is 73.0 cm³/mol. The Bertz CT molecular complexity index is 440. The number of hydrogen-bond donors (Lipinski definition) is 0. The smallest absolute Gasteiger partial charge is 0.240 e. The van der Waals surface area contributed by atoms with Crippen LogP contribution in [0.1, 0.15) is 41.5 Å². The van der Waals surface area contributed by atoms with E-state index < -0.39 is 11.6 Å². The van der Waals surface area contributed by atoms with Crippen LogP contribution in [0.15, 0.2) is 21.7 Å². The molecule has 0 fully saturated rings. The van der Waals surface area contributed by atoms with Gasteiger partial charge in [0.25, 0.3) is 0 Å². The third kappa shape index (κ3) is 2.76. The van der Waals surface area contributed by atoms with Crippen LogP contribution in [0.5, 0.6) is 0 Å². The predicted octanol–water partition coefficient (Wildman–Crippen LogP) is 3.81. The Balaban J connectivity index is 3.46. The van der Waals surface area contributed by atoms with Crippen LogP contribution in [0.4, 0.5) is 0 Å². The number of ketones is 2. The van der Waals surface area contributed by atoms with Crippen molar-refractivity contribution in [3.63, 3.8) is 0 Å². The monoisotopic (exact) mass is 298 g/mol. The quantitative estimate of drug-likeness (QED) is 0.503. The molecular weight excluding hydrogens is 280 g/mol. The molecule has 0 aliphatic heterocycles. The molecule has 0 atom stereocenters. The zero-order valence-electron chi connectivity index (χ0n) is 11.3. The van der Waals surface area contributed by atoms with E-state index in [1.807, 2.05) is 47.6 Å². The molecule has 0 unspecified atom stereocenters. The van der Waals surface area contributed by atoms with Crippen molar-refractivity contribution < 1.29 is 9.59 Å². The van der Waals surface area contributed by atoms with Gasteiger partial charge in [0.1, 0.15) is 0 Å². The molecule has 0 heterocycles. The fourth-order valence-corrected chi connectivity index (χ4v) is 2.61. The van der Waals surface area contributed by atoms with Crippen molar-refractivity contribution in [3.8, 4) is 0 Å². The van der Waals surface area contributed by atoms with Crippen molar-refractivity contribution in [1.82, 2.24) is 0 Å². The zero-order chi connectivity index (χ0) is 13.6. The molecule has 0 N–H and O–H groups in total. The summed E-state index contributed by atoms with van der Waals surface area (Å²) in [5.41, 5.74) is 1.02. The number of carbonyl (C=O) groups is 2. The van der Waals surface area contributed by atoms with Crippen LogP contribution in [0.2, 0.25) is 0 Å². The summed E-state index contributed by atoms with van der Waals surface area (Å²) in [4.78, 5) is 23.9. The first kappa shape index (κ1) is 14.4. The van der Waals surface area contributed by atoms with E-state index in [2.05, 4.69) is 15.9 Å². The Labute approximate surface area is 111 Å². The van der Waals surface area contributed by atoms with Crippen LogP contribution in [0.25, 0.3) is 0 Å². The van der Waals surface area contributed by atoms with Gasteiger partial charge in [-0.15, -0.1) is 0 Å². The van der Waals surface area contributed by atoms with E-state index >= 15 is 0 Å². The molecule has 0 radical (unpaired) electrons. The first-order chi connectivity index (χ1) is 7.46. The molecule has 0 aromatic carbocycles. The highest BCUT2D eigenvalue weighted by Gasteiger charge is 2.36. The number of rotatable bonds is 0. The zero-order valence-corrected chi connectivity index (χ0v) is 12.9. The normalized spacial score (nSPS) is 18.6. The fraction of sp³-hybridized carbons (Fsp3) is 0.571. The Morgan fingerprint density at radius 3 is 1.71 bits per heavy atom. The van der Waals surface area contributed by atoms with Gasteiger partial charge in [-0.05, 0) is 38.4 Å². The van der Waals surface area contributed by atoms with E-state index in [1.54, 1.807) is 0 Å². The Hall–Kier alpha value is -0.700. The van der Waals surface area contributed by atoms with Crippen molar-refractivity contribution in [3.05, 3.63) is 21.7 Å². The van der Waals surface area contributed by atoms with E-state index in [4.69, 9.17) is 0 Å². The maximum absolute atomic E-state index is 12.0. The topological polar surface area (TPSA) is 34.1 Å². The molecule has 17 heavy (non-hydrogen) atoms. The van der Waals surface area contributed by atoms with E-state index in [-0.39, 0.29) is 10.8 Å².